The number of esters is 1. The van der Waals surface area contributed by atoms with Gasteiger partial charge in [0, 0.05) is 18.9 Å². The third-order valence-electron chi connectivity index (χ3n) is 3.66. The second-order valence-corrected chi connectivity index (χ2v) is 5.33. The molecule has 0 bridgehead atoms. The summed E-state index contributed by atoms with van der Waals surface area (Å²) in [5.41, 5.74) is 1.61. The second kappa shape index (κ2) is 6.75. The zero-order valence-corrected chi connectivity index (χ0v) is 12.1. The molecule has 20 heavy (non-hydrogen) atoms. The van der Waals surface area contributed by atoms with Gasteiger partial charge in [-0.1, -0.05) is 26.3 Å². The first-order valence-electron chi connectivity index (χ1n) is 7.23. The highest BCUT2D eigenvalue weighted by Crippen LogP contribution is 2.32. The molecule has 2 rings (SSSR count). The average molecular weight is 278 g/mol. The Labute approximate surface area is 119 Å². The Bertz CT molecular complexity index is 470. The van der Waals surface area contributed by atoms with Crippen molar-refractivity contribution < 1.29 is 19.4 Å². The van der Waals surface area contributed by atoms with Gasteiger partial charge in [-0.05, 0) is 24.1 Å². The summed E-state index contributed by atoms with van der Waals surface area (Å²) in [5, 5.41) is 9.18. The molecule has 1 N–H and O–H groups in total. The number of hydrogen-bond donors (Lipinski definition) is 1. The van der Waals surface area contributed by atoms with Crippen LogP contribution in [0.5, 0.6) is 5.75 Å². The van der Waals surface area contributed by atoms with E-state index in [-0.39, 0.29) is 24.6 Å². The standard InChI is InChI=1S/C16H22O4/c1-3-4-7-19-16(18)13-6-5-12-8-14(11(2)10-17)20-15(12)9-13/h5-6,9,11,14,17H,3-4,7-8,10H2,1-2H3/t11-,14-/m1/s1. The lowest BCUT2D eigenvalue weighted by atomic mass is 10.00. The summed E-state index contributed by atoms with van der Waals surface area (Å²) in [6, 6.07) is 5.44. The molecule has 0 aromatic heterocycles. The predicted molar refractivity (Wildman–Crippen MR) is 76.0 cm³/mol. The van der Waals surface area contributed by atoms with Gasteiger partial charge < -0.3 is 14.6 Å². The van der Waals surface area contributed by atoms with E-state index in [4.69, 9.17) is 9.47 Å². The van der Waals surface area contributed by atoms with Crippen LogP contribution in [0, 0.1) is 5.92 Å². The van der Waals surface area contributed by atoms with Gasteiger partial charge >= 0.3 is 5.97 Å². The fourth-order valence-corrected chi connectivity index (χ4v) is 2.21. The summed E-state index contributed by atoms with van der Waals surface area (Å²) in [5.74, 6) is 0.520. The summed E-state index contributed by atoms with van der Waals surface area (Å²) in [4.78, 5) is 11.9. The number of carbonyl (C=O) groups excluding carboxylic acids is 1. The molecule has 2 atom stereocenters. The van der Waals surface area contributed by atoms with Gasteiger partial charge in [-0.25, -0.2) is 4.79 Å². The first kappa shape index (κ1) is 14.9. The van der Waals surface area contributed by atoms with E-state index in [1.165, 1.54) is 0 Å². The van der Waals surface area contributed by atoms with E-state index < -0.39 is 0 Å². The Kier molecular flexibility index (Phi) is 5.01. The first-order chi connectivity index (χ1) is 9.65. The number of benzene rings is 1. The average Bonchev–Trinajstić information content (AvgIpc) is 2.89. The molecule has 1 aliphatic rings. The maximum absolute atomic E-state index is 11.9. The van der Waals surface area contributed by atoms with Crippen LogP contribution in [0.15, 0.2) is 18.2 Å². The van der Waals surface area contributed by atoms with E-state index >= 15 is 0 Å². The lowest BCUT2D eigenvalue weighted by Crippen LogP contribution is -2.25. The van der Waals surface area contributed by atoms with Crippen molar-refractivity contribution in [3.05, 3.63) is 29.3 Å². The molecule has 1 aromatic carbocycles. The number of unbranched alkanes of at least 4 members (excludes halogenated alkanes) is 1. The molecule has 4 heteroatoms. The molecule has 0 fully saturated rings. The largest absolute Gasteiger partial charge is 0.489 e. The van der Waals surface area contributed by atoms with Crippen molar-refractivity contribution in [1.29, 1.82) is 0 Å². The summed E-state index contributed by atoms with van der Waals surface area (Å²) in [7, 11) is 0. The summed E-state index contributed by atoms with van der Waals surface area (Å²) >= 11 is 0. The minimum atomic E-state index is -0.302. The maximum Gasteiger partial charge on any atom is 0.338 e. The van der Waals surface area contributed by atoms with Gasteiger partial charge in [0.25, 0.3) is 0 Å². The van der Waals surface area contributed by atoms with Gasteiger partial charge in [0.05, 0.1) is 12.2 Å². The van der Waals surface area contributed by atoms with Crippen LogP contribution in [0.2, 0.25) is 0 Å². The highest BCUT2D eigenvalue weighted by Gasteiger charge is 2.28. The maximum atomic E-state index is 11.9. The lowest BCUT2D eigenvalue weighted by molar-refractivity contribution is 0.0498. The smallest absolute Gasteiger partial charge is 0.338 e. The topological polar surface area (TPSA) is 55.8 Å². The van der Waals surface area contributed by atoms with Crippen LogP contribution >= 0.6 is 0 Å². The van der Waals surface area contributed by atoms with Crippen molar-refractivity contribution >= 4 is 5.97 Å². The molecule has 0 radical (unpaired) electrons. The Morgan fingerprint density at radius 2 is 2.35 bits per heavy atom. The molecule has 0 aliphatic carbocycles. The van der Waals surface area contributed by atoms with Gasteiger partial charge in [0.1, 0.15) is 11.9 Å². The summed E-state index contributed by atoms with van der Waals surface area (Å²) in [6.07, 6.45) is 2.65. The zero-order chi connectivity index (χ0) is 14.5. The van der Waals surface area contributed by atoms with E-state index in [1.54, 1.807) is 12.1 Å². The molecule has 1 aliphatic heterocycles. The summed E-state index contributed by atoms with van der Waals surface area (Å²) in [6.45, 7) is 4.57. The predicted octanol–water partition coefficient (Wildman–Crippen LogP) is 2.58. The molecule has 0 saturated heterocycles. The van der Waals surface area contributed by atoms with Crippen molar-refractivity contribution in [1.82, 2.24) is 0 Å². The van der Waals surface area contributed by atoms with E-state index in [0.29, 0.717) is 12.2 Å². The van der Waals surface area contributed by atoms with Gasteiger partial charge in [0.2, 0.25) is 0 Å². The Balaban J connectivity index is 2.02. The van der Waals surface area contributed by atoms with Crippen molar-refractivity contribution in [2.75, 3.05) is 13.2 Å². The molecular weight excluding hydrogens is 256 g/mol. The number of aliphatic hydroxyl groups is 1. The number of rotatable bonds is 6. The quantitative estimate of drug-likeness (QED) is 0.642. The molecule has 0 amide bonds. The highest BCUT2D eigenvalue weighted by molar-refractivity contribution is 5.90. The van der Waals surface area contributed by atoms with E-state index in [0.717, 1.165) is 30.6 Å². The molecule has 1 heterocycles. The van der Waals surface area contributed by atoms with Crippen molar-refractivity contribution in [3.63, 3.8) is 0 Å². The van der Waals surface area contributed by atoms with Gasteiger partial charge in [0.15, 0.2) is 0 Å². The molecule has 4 nitrogen and oxygen atoms in total. The third-order valence-corrected chi connectivity index (χ3v) is 3.66. The number of hydrogen-bond acceptors (Lipinski definition) is 4. The van der Waals surface area contributed by atoms with Crippen LogP contribution in [0.1, 0.15) is 42.6 Å². The molecular formula is C16H22O4. The lowest BCUT2D eigenvalue weighted by Gasteiger charge is -2.16. The van der Waals surface area contributed by atoms with Crippen LogP contribution < -0.4 is 4.74 Å². The van der Waals surface area contributed by atoms with Crippen molar-refractivity contribution in [2.45, 2.75) is 39.2 Å². The van der Waals surface area contributed by atoms with Crippen LogP contribution in [-0.2, 0) is 11.2 Å². The summed E-state index contributed by atoms with van der Waals surface area (Å²) < 4.78 is 11.0. The van der Waals surface area contributed by atoms with Gasteiger partial charge in [-0.3, -0.25) is 0 Å². The van der Waals surface area contributed by atoms with Crippen molar-refractivity contribution in [3.8, 4) is 5.75 Å². The highest BCUT2D eigenvalue weighted by atomic mass is 16.5. The fraction of sp³-hybridized carbons (Fsp3) is 0.562. The molecule has 0 saturated carbocycles. The van der Waals surface area contributed by atoms with Crippen LogP contribution in [-0.4, -0.2) is 30.4 Å². The minimum absolute atomic E-state index is 0.0126. The first-order valence-corrected chi connectivity index (χ1v) is 7.23. The SMILES string of the molecule is CCCCOC(=O)c1ccc2c(c1)O[C@@H]([C@H](C)CO)C2. The zero-order valence-electron chi connectivity index (χ0n) is 12.1. The fourth-order valence-electron chi connectivity index (χ4n) is 2.21. The second-order valence-electron chi connectivity index (χ2n) is 5.33. The van der Waals surface area contributed by atoms with Crippen LogP contribution in [0.3, 0.4) is 0 Å². The molecule has 110 valence electrons. The minimum Gasteiger partial charge on any atom is -0.489 e. The van der Waals surface area contributed by atoms with Gasteiger partial charge in [-0.15, -0.1) is 0 Å². The van der Waals surface area contributed by atoms with Crippen LogP contribution in [0.25, 0.3) is 0 Å². The van der Waals surface area contributed by atoms with E-state index in [9.17, 15) is 9.90 Å². The molecule has 1 aromatic rings. The Hall–Kier alpha value is -1.55. The number of fused-ring (bicyclic) bond motifs is 1. The van der Waals surface area contributed by atoms with Crippen LogP contribution in [0.4, 0.5) is 0 Å². The van der Waals surface area contributed by atoms with E-state index in [2.05, 4.69) is 6.92 Å². The number of carbonyl (C=O) groups is 1. The third kappa shape index (κ3) is 3.31. The Morgan fingerprint density at radius 3 is 3.05 bits per heavy atom. The number of aliphatic hydroxyl groups excluding tert-OH is 1. The van der Waals surface area contributed by atoms with Gasteiger partial charge in [-0.2, -0.15) is 0 Å². The Morgan fingerprint density at radius 1 is 1.55 bits per heavy atom. The molecule has 0 spiro atoms. The number of ether oxygens (including phenoxy) is 2. The normalized spacial score (nSPS) is 18.2. The van der Waals surface area contributed by atoms with Crippen molar-refractivity contribution in [2.24, 2.45) is 5.92 Å². The molecule has 0 unspecified atom stereocenters. The van der Waals surface area contributed by atoms with E-state index in [1.807, 2.05) is 13.0 Å². The monoisotopic (exact) mass is 278 g/mol.